The summed E-state index contributed by atoms with van der Waals surface area (Å²) in [6.45, 7) is 34.8. The molecule has 2 rings (SSSR count). The number of ether oxygens (including phenoxy) is 2. The standard InChI is InChI=1S/C36H78N2O4Si4/c1-12-39-35(43(4)5)22-26-37-24-18-28-45(8,9)41-33(30-37)21-17-15-14-16-20-32(3)34-31-38(25-19-29-46(10,11)42-34)27-23-36(40-13-2)44(6)7/h32-36H,12-31H2,1-11H3. The van der Waals surface area contributed by atoms with Gasteiger partial charge in [0, 0.05) is 50.8 Å². The average Bonchev–Trinajstić information content (AvgIpc) is 2.95. The van der Waals surface area contributed by atoms with Crippen LogP contribution in [0.4, 0.5) is 0 Å². The second-order valence-electron chi connectivity index (χ2n) is 16.3. The Balaban J connectivity index is 1.82. The van der Waals surface area contributed by atoms with Crippen LogP contribution in [-0.2, 0) is 18.3 Å². The Morgan fingerprint density at radius 2 is 1.20 bits per heavy atom. The van der Waals surface area contributed by atoms with Crippen LogP contribution in [0, 0.1) is 5.92 Å². The van der Waals surface area contributed by atoms with Gasteiger partial charge in [-0.1, -0.05) is 58.8 Å². The van der Waals surface area contributed by atoms with E-state index in [0.717, 1.165) is 39.4 Å². The largest absolute Gasteiger partial charge is 0.413 e. The summed E-state index contributed by atoms with van der Waals surface area (Å²) >= 11 is 0. The van der Waals surface area contributed by atoms with Crippen LogP contribution >= 0.6 is 0 Å². The van der Waals surface area contributed by atoms with Crippen LogP contribution in [0.25, 0.3) is 0 Å². The van der Waals surface area contributed by atoms with Gasteiger partial charge in [0.2, 0.25) is 0 Å². The minimum absolute atomic E-state index is 0.377. The molecule has 0 amide bonds. The lowest BCUT2D eigenvalue weighted by Gasteiger charge is -2.39. The highest BCUT2D eigenvalue weighted by atomic mass is 28.4. The Kier molecular flexibility index (Phi) is 20.9. The molecule has 0 spiro atoms. The van der Waals surface area contributed by atoms with Crippen LogP contribution in [0.15, 0.2) is 0 Å². The number of hydrogen-bond acceptors (Lipinski definition) is 6. The minimum atomic E-state index is -1.60. The van der Waals surface area contributed by atoms with Crippen molar-refractivity contribution in [2.75, 3.05) is 52.5 Å². The van der Waals surface area contributed by atoms with Crippen molar-refractivity contribution < 1.29 is 18.3 Å². The molecule has 2 aliphatic heterocycles. The van der Waals surface area contributed by atoms with E-state index >= 15 is 0 Å². The van der Waals surface area contributed by atoms with Crippen molar-refractivity contribution in [3.05, 3.63) is 0 Å². The Hall–Kier alpha value is 0.628. The maximum Gasteiger partial charge on any atom is 0.187 e. The fourth-order valence-electron chi connectivity index (χ4n) is 7.54. The highest BCUT2D eigenvalue weighted by Crippen LogP contribution is 2.28. The van der Waals surface area contributed by atoms with E-state index in [4.69, 9.17) is 18.3 Å². The summed E-state index contributed by atoms with van der Waals surface area (Å²) in [5, 5.41) is 0. The minimum Gasteiger partial charge on any atom is -0.413 e. The van der Waals surface area contributed by atoms with E-state index in [1.165, 1.54) is 89.4 Å². The molecule has 2 heterocycles. The van der Waals surface area contributed by atoms with E-state index in [9.17, 15) is 0 Å². The van der Waals surface area contributed by atoms with Gasteiger partial charge in [0.15, 0.2) is 16.6 Å². The zero-order chi connectivity index (χ0) is 34.2. The van der Waals surface area contributed by atoms with Gasteiger partial charge in [-0.2, -0.15) is 0 Å². The summed E-state index contributed by atoms with van der Waals surface area (Å²) < 4.78 is 26.1. The van der Waals surface area contributed by atoms with Crippen molar-refractivity contribution in [1.82, 2.24) is 9.80 Å². The maximum absolute atomic E-state index is 6.99. The van der Waals surface area contributed by atoms with Crippen molar-refractivity contribution in [2.24, 2.45) is 5.92 Å². The SMILES string of the molecule is CCOC(CCN1CCC[Si](C)(C)OC(CCCCCCC(C)C2CN(CCC(OCC)[Si](C)C)CCC[Si](C)(C)O2)C1)[Si](C)C. The molecule has 2 fully saturated rings. The Bertz CT molecular complexity index is 791. The van der Waals surface area contributed by atoms with E-state index < -0.39 is 34.2 Å². The van der Waals surface area contributed by atoms with Crippen molar-refractivity contribution in [3.63, 3.8) is 0 Å². The summed E-state index contributed by atoms with van der Waals surface area (Å²) in [4.78, 5) is 5.42. The molecule has 5 atom stereocenters. The molecular weight excluding hydrogens is 637 g/mol. The molecule has 46 heavy (non-hydrogen) atoms. The van der Waals surface area contributed by atoms with Gasteiger partial charge in [-0.15, -0.1) is 0 Å². The van der Waals surface area contributed by atoms with Crippen molar-refractivity contribution in [1.29, 1.82) is 0 Å². The molecule has 0 aromatic rings. The number of nitrogens with zero attached hydrogens (tertiary/aromatic N) is 2. The Morgan fingerprint density at radius 3 is 1.72 bits per heavy atom. The summed E-state index contributed by atoms with van der Waals surface area (Å²) in [5.74, 6) is 0.620. The van der Waals surface area contributed by atoms with Gasteiger partial charge >= 0.3 is 0 Å². The van der Waals surface area contributed by atoms with Gasteiger partial charge in [-0.3, -0.25) is 0 Å². The topological polar surface area (TPSA) is 43.4 Å². The molecule has 2 saturated heterocycles. The van der Waals surface area contributed by atoms with Crippen LogP contribution in [-0.4, -0.2) is 120 Å². The van der Waals surface area contributed by atoms with Crippen LogP contribution in [0.1, 0.15) is 85.0 Å². The predicted octanol–water partition coefficient (Wildman–Crippen LogP) is 8.73. The van der Waals surface area contributed by atoms with Crippen molar-refractivity contribution in [2.45, 2.75) is 173 Å². The Morgan fingerprint density at radius 1 is 0.696 bits per heavy atom. The van der Waals surface area contributed by atoms with Crippen LogP contribution in [0.5, 0.6) is 0 Å². The first-order chi connectivity index (χ1) is 21.7. The summed E-state index contributed by atoms with van der Waals surface area (Å²) in [6, 6.07) is 2.57. The van der Waals surface area contributed by atoms with Crippen LogP contribution < -0.4 is 0 Å². The summed E-state index contributed by atoms with van der Waals surface area (Å²) in [6.07, 6.45) is 13.5. The number of rotatable bonds is 20. The van der Waals surface area contributed by atoms with Gasteiger partial charge in [0.1, 0.15) is 0 Å². The third-order valence-corrected chi connectivity index (χ3v) is 18.9. The second-order valence-corrected chi connectivity index (χ2v) is 30.4. The monoisotopic (exact) mass is 715 g/mol. The third kappa shape index (κ3) is 17.5. The fraction of sp³-hybridized carbons (Fsp3) is 1.00. The normalized spacial score (nSPS) is 25.5. The predicted molar refractivity (Wildman–Crippen MR) is 208 cm³/mol. The van der Waals surface area contributed by atoms with Gasteiger partial charge in [-0.25, -0.2) is 0 Å². The molecule has 0 N–H and O–H groups in total. The number of unbranched alkanes of at least 4 members (excludes halogenated alkanes) is 3. The highest BCUT2D eigenvalue weighted by Gasteiger charge is 2.33. The van der Waals surface area contributed by atoms with Gasteiger partial charge in [0.05, 0.1) is 29.8 Å². The van der Waals surface area contributed by atoms with E-state index in [2.05, 4.69) is 82.9 Å². The van der Waals surface area contributed by atoms with E-state index in [0.29, 0.717) is 29.6 Å². The van der Waals surface area contributed by atoms with Gasteiger partial charge < -0.3 is 28.1 Å². The molecule has 5 unspecified atom stereocenters. The zero-order valence-electron chi connectivity index (χ0n) is 32.6. The van der Waals surface area contributed by atoms with Gasteiger partial charge in [-0.05, 0) is 110 Å². The molecule has 0 aromatic carbocycles. The van der Waals surface area contributed by atoms with Crippen LogP contribution in [0.3, 0.4) is 0 Å². The molecule has 0 bridgehead atoms. The molecule has 0 aromatic heterocycles. The summed E-state index contributed by atoms with van der Waals surface area (Å²) in [7, 11) is -4.02. The fourth-order valence-corrected chi connectivity index (χ4v) is 14.4. The van der Waals surface area contributed by atoms with Gasteiger partial charge in [0.25, 0.3) is 0 Å². The highest BCUT2D eigenvalue weighted by molar-refractivity contribution is 6.71. The first-order valence-corrected chi connectivity index (χ1v) is 30.8. The second kappa shape index (κ2) is 22.4. The first-order valence-electron chi connectivity index (χ1n) is 19.4. The quantitative estimate of drug-likeness (QED) is 0.0929. The average molecular weight is 715 g/mol. The maximum atomic E-state index is 6.99. The first kappa shape index (κ1) is 42.8. The van der Waals surface area contributed by atoms with E-state index in [1.807, 2.05) is 0 Å². The van der Waals surface area contributed by atoms with Crippen molar-refractivity contribution in [3.8, 4) is 0 Å². The molecule has 6 nitrogen and oxygen atoms in total. The van der Waals surface area contributed by atoms with Crippen molar-refractivity contribution >= 4 is 34.2 Å². The lowest BCUT2D eigenvalue weighted by Crippen LogP contribution is -2.48. The molecule has 2 radical (unpaired) electrons. The summed E-state index contributed by atoms with van der Waals surface area (Å²) in [5.41, 5.74) is 0.933. The lowest BCUT2D eigenvalue weighted by atomic mass is 9.96. The Labute approximate surface area is 292 Å². The number of hydrogen-bond donors (Lipinski definition) is 0. The molecule has 0 aliphatic carbocycles. The molecule has 10 heteroatoms. The third-order valence-electron chi connectivity index (χ3n) is 10.4. The molecular formula is C36H78N2O4Si4. The molecule has 272 valence electrons. The lowest BCUT2D eigenvalue weighted by molar-refractivity contribution is 0.0570. The van der Waals surface area contributed by atoms with Crippen LogP contribution in [0.2, 0.25) is 64.5 Å². The zero-order valence-corrected chi connectivity index (χ0v) is 36.6. The van der Waals surface area contributed by atoms with E-state index in [1.54, 1.807) is 0 Å². The molecule has 2 aliphatic rings. The smallest absolute Gasteiger partial charge is 0.187 e. The van der Waals surface area contributed by atoms with E-state index in [-0.39, 0.29) is 0 Å². The molecule has 0 saturated carbocycles.